The van der Waals surface area contributed by atoms with Gasteiger partial charge < -0.3 is 28.4 Å². The Morgan fingerprint density at radius 3 is 1.21 bits per heavy atom. The van der Waals surface area contributed by atoms with Gasteiger partial charge in [0, 0.05) is 52.0 Å². The Morgan fingerprint density at radius 2 is 0.773 bits per heavy atom. The quantitative estimate of drug-likeness (QED) is 0.0951. The molecule has 14 aliphatic carbocycles. The number of hydrogen-bond donors (Lipinski definition) is 0. The van der Waals surface area contributed by atoms with Gasteiger partial charge in [0.15, 0.2) is 0 Å². The predicted molar refractivity (Wildman–Crippen MR) is 411 cm³/mol. The lowest BCUT2D eigenvalue weighted by atomic mass is 9.66. The van der Waals surface area contributed by atoms with Gasteiger partial charge in [-0.05, 0) is 250 Å². The van der Waals surface area contributed by atoms with E-state index in [9.17, 15) is 0 Å². The van der Waals surface area contributed by atoms with E-state index < -0.39 is 0 Å². The van der Waals surface area contributed by atoms with Crippen LogP contribution in [0, 0.1) is 137 Å². The molecular weight excluding hydrogens is 1190 g/mol. The molecule has 14 saturated carbocycles. The highest BCUT2D eigenvalue weighted by Gasteiger charge is 2.86. The topological polar surface area (TPSA) is 55.4 Å². The molecule has 2 spiro atoms. The van der Waals surface area contributed by atoms with Gasteiger partial charge >= 0.3 is 0 Å². The zero-order chi connectivity index (χ0) is 71.8. The van der Waals surface area contributed by atoms with Crippen LogP contribution >= 0.6 is 0 Å². The molecule has 14 rings (SSSR count). The Hall–Kier alpha value is -0.240. The molecule has 0 N–H and O–H groups in total. The van der Waals surface area contributed by atoms with Gasteiger partial charge in [-0.3, -0.25) is 0 Å². The fourth-order valence-corrected chi connectivity index (χ4v) is 28.6. The fourth-order valence-electron chi connectivity index (χ4n) is 28.6. The largest absolute Gasteiger partial charge is 0.381 e. The van der Waals surface area contributed by atoms with E-state index in [0.29, 0.717) is 66.4 Å². The molecular formula is C91H166O6. The molecule has 0 aromatic rings. The van der Waals surface area contributed by atoms with E-state index in [1.165, 1.54) is 193 Å². The van der Waals surface area contributed by atoms with Crippen molar-refractivity contribution in [3.63, 3.8) is 0 Å². The van der Waals surface area contributed by atoms with E-state index in [0.717, 1.165) is 103 Å². The van der Waals surface area contributed by atoms with Gasteiger partial charge in [0.25, 0.3) is 0 Å². The van der Waals surface area contributed by atoms with Gasteiger partial charge in [-0.25, -0.2) is 0 Å². The first kappa shape index (κ1) is 80.8. The molecule has 22 atom stereocenters. The van der Waals surface area contributed by atoms with Crippen LogP contribution in [0.1, 0.15) is 366 Å². The third-order valence-electron chi connectivity index (χ3n) is 35.9. The van der Waals surface area contributed by atoms with Gasteiger partial charge in [-0.15, -0.1) is 0 Å². The molecule has 6 heteroatoms. The lowest BCUT2D eigenvalue weighted by Crippen LogP contribution is -2.43. The molecule has 0 radical (unpaired) electrons. The van der Waals surface area contributed by atoms with Gasteiger partial charge in [-0.2, -0.15) is 0 Å². The SMILES string of the molecule is CCCCCCCCC1CC1OC.CCCCCCCCC1CC1OCC.CCOC12CC1CCC1C2C(C)(C)C(C)C1(C)C.CCOC12CCCC3C(C)(C)C(C)C(C)(C)C31C2.COC12CC1CCC1C2C(C)(C)C(C)C1(C)C.COC12CCCC3C(C)(C)C(C)C(C)(C)C31C2. The Balaban J connectivity index is 0.000000137. The van der Waals surface area contributed by atoms with Crippen LogP contribution < -0.4 is 0 Å². The Labute approximate surface area is 603 Å². The number of hydrogen-bond acceptors (Lipinski definition) is 6. The van der Waals surface area contributed by atoms with E-state index >= 15 is 0 Å². The summed E-state index contributed by atoms with van der Waals surface area (Å²) in [6.45, 7) is 63.7. The summed E-state index contributed by atoms with van der Waals surface area (Å²) in [7, 11) is 5.74. The van der Waals surface area contributed by atoms with Crippen molar-refractivity contribution in [3.8, 4) is 0 Å². The van der Waals surface area contributed by atoms with Crippen LogP contribution in [0.25, 0.3) is 0 Å². The molecule has 566 valence electrons. The van der Waals surface area contributed by atoms with Crippen molar-refractivity contribution in [3.05, 3.63) is 0 Å². The van der Waals surface area contributed by atoms with Crippen molar-refractivity contribution in [2.75, 3.05) is 41.2 Å². The average molecular weight is 1360 g/mol. The van der Waals surface area contributed by atoms with Crippen LogP contribution in [0.5, 0.6) is 0 Å². The van der Waals surface area contributed by atoms with Gasteiger partial charge in [0.2, 0.25) is 0 Å². The molecule has 97 heavy (non-hydrogen) atoms. The van der Waals surface area contributed by atoms with Crippen molar-refractivity contribution in [1.29, 1.82) is 0 Å². The number of ether oxygens (including phenoxy) is 6. The summed E-state index contributed by atoms with van der Waals surface area (Å²) in [5.74, 6) is 11.8. The Morgan fingerprint density at radius 1 is 0.371 bits per heavy atom. The summed E-state index contributed by atoms with van der Waals surface area (Å²) < 4.78 is 35.6. The molecule has 0 aromatic carbocycles. The second-order valence-electron chi connectivity index (χ2n) is 41.6. The maximum atomic E-state index is 6.34. The number of methoxy groups -OCH3 is 3. The molecule has 0 bridgehead atoms. The first-order valence-corrected chi connectivity index (χ1v) is 42.9. The average Bonchev–Trinajstić information content (AvgIpc) is 1.47. The van der Waals surface area contributed by atoms with E-state index in [2.05, 4.69) is 173 Å². The van der Waals surface area contributed by atoms with Crippen molar-refractivity contribution < 1.29 is 28.4 Å². The van der Waals surface area contributed by atoms with E-state index in [4.69, 9.17) is 28.4 Å². The van der Waals surface area contributed by atoms with Crippen molar-refractivity contribution in [2.24, 2.45) is 137 Å². The summed E-state index contributed by atoms with van der Waals surface area (Å²) in [6.07, 6.45) is 43.0. The monoisotopic (exact) mass is 1360 g/mol. The third-order valence-corrected chi connectivity index (χ3v) is 35.9. The second kappa shape index (κ2) is 29.5. The first-order chi connectivity index (χ1) is 45.3. The van der Waals surface area contributed by atoms with Crippen LogP contribution in [-0.4, -0.2) is 75.8 Å². The minimum absolute atomic E-state index is 0.238. The van der Waals surface area contributed by atoms with Crippen LogP contribution in [0.4, 0.5) is 0 Å². The summed E-state index contributed by atoms with van der Waals surface area (Å²) in [4.78, 5) is 0. The highest BCUT2D eigenvalue weighted by molar-refractivity contribution is 5.34. The molecule has 0 aromatic heterocycles. The third kappa shape index (κ3) is 13.6. The van der Waals surface area contributed by atoms with Gasteiger partial charge in [-0.1, -0.05) is 242 Å². The summed E-state index contributed by atoms with van der Waals surface area (Å²) in [5, 5.41) is 0. The molecule has 0 saturated heterocycles. The minimum atomic E-state index is 0.238. The standard InChI is InChI=1S/2C17H30O.2C16H28O.C13H26O.C12H24O/c1-7-18-17-10-12(17)8-9-13-14(17)16(5,6)11(2)15(13,3)4;1-7-18-16-10-8-9-13-14(3,4)12(2)15(5,6)17(13,16)11-16;1-10-14(2,3)12-8-7-11-9-16(11,17-6)13(12)15(10,4)5;1-11-13(2,3)12-8-7-9-15(17-6)10-16(12,15)14(11,4)5;1-3-5-6-7-8-9-10-12-11-13(12)14-4-2;1-3-4-5-6-7-8-9-11-10-12(11)13-2/h11-14H,7-10H2,1-6H3;12-13H,7-11H2,1-6H3;10-13H,7-9H2,1-6H3;11-12H,7-10H2,1-6H3;12-13H,3-11H2,1-2H3;11-12H,3-10H2,1-2H3. The number of rotatable bonds is 23. The first-order valence-electron chi connectivity index (χ1n) is 42.9. The van der Waals surface area contributed by atoms with Crippen molar-refractivity contribution >= 4 is 0 Å². The molecule has 0 heterocycles. The summed E-state index contributed by atoms with van der Waals surface area (Å²) in [6, 6.07) is 0. The normalized spacial score (nSPS) is 45.3. The lowest BCUT2D eigenvalue weighted by molar-refractivity contribution is -0.0821. The van der Waals surface area contributed by atoms with Crippen molar-refractivity contribution in [1.82, 2.24) is 0 Å². The molecule has 22 unspecified atom stereocenters. The van der Waals surface area contributed by atoms with Gasteiger partial charge in [0.05, 0.1) is 34.6 Å². The molecule has 14 fully saturated rings. The maximum Gasteiger partial charge on any atom is 0.0754 e. The second-order valence-corrected chi connectivity index (χ2v) is 41.6. The summed E-state index contributed by atoms with van der Waals surface area (Å²) in [5.41, 5.74) is 5.60. The summed E-state index contributed by atoms with van der Waals surface area (Å²) >= 11 is 0. The van der Waals surface area contributed by atoms with Crippen LogP contribution in [0.3, 0.4) is 0 Å². The van der Waals surface area contributed by atoms with Crippen molar-refractivity contribution in [2.45, 2.75) is 400 Å². The minimum Gasteiger partial charge on any atom is -0.381 e. The van der Waals surface area contributed by atoms with E-state index in [1.54, 1.807) is 0 Å². The smallest absolute Gasteiger partial charge is 0.0754 e. The molecule has 14 aliphatic rings. The van der Waals surface area contributed by atoms with E-state index in [1.807, 2.05) is 21.3 Å². The predicted octanol–water partition coefficient (Wildman–Crippen LogP) is 25.5. The molecule has 6 nitrogen and oxygen atoms in total. The maximum absolute atomic E-state index is 6.34. The fraction of sp³-hybridized carbons (Fsp3) is 1.00. The van der Waals surface area contributed by atoms with Crippen LogP contribution in [0.2, 0.25) is 0 Å². The lowest BCUT2D eigenvalue weighted by Gasteiger charge is -2.43. The molecule has 0 amide bonds. The van der Waals surface area contributed by atoms with Crippen LogP contribution in [-0.2, 0) is 28.4 Å². The molecule has 0 aliphatic heterocycles. The highest BCUT2D eigenvalue weighted by atomic mass is 16.5. The van der Waals surface area contributed by atoms with E-state index in [-0.39, 0.29) is 22.4 Å². The zero-order valence-corrected chi connectivity index (χ0v) is 70.0. The highest BCUT2D eigenvalue weighted by Crippen LogP contribution is 2.87. The number of unbranched alkanes of at least 4 members (excludes halogenated alkanes) is 10. The van der Waals surface area contributed by atoms with Gasteiger partial charge in [0.1, 0.15) is 0 Å². The Bertz CT molecular complexity index is 2530. The Kier molecular flexibility index (Phi) is 24.6. The van der Waals surface area contributed by atoms with Crippen LogP contribution in [0.15, 0.2) is 0 Å². The zero-order valence-electron chi connectivity index (χ0n) is 70.0. The number of fused-ring (bicyclic) bond motifs is 6.